The zero-order valence-electron chi connectivity index (χ0n) is 12.0. The Bertz CT molecular complexity index is 902. The first-order valence-electron chi connectivity index (χ1n) is 6.81. The quantitative estimate of drug-likeness (QED) is 0.798. The van der Waals surface area contributed by atoms with E-state index in [1.807, 2.05) is 31.2 Å². The average molecular weight is 294 g/mol. The Morgan fingerprint density at radius 3 is 2.82 bits per heavy atom. The summed E-state index contributed by atoms with van der Waals surface area (Å²) in [4.78, 5) is 32.5. The number of pyridine rings is 1. The number of hydrogen-bond donors (Lipinski definition) is 1. The van der Waals surface area contributed by atoms with Crippen LogP contribution in [0.3, 0.4) is 0 Å². The highest BCUT2D eigenvalue weighted by Crippen LogP contribution is 2.12. The molecule has 1 amide bonds. The molecule has 0 aliphatic rings. The fourth-order valence-corrected chi connectivity index (χ4v) is 2.17. The summed E-state index contributed by atoms with van der Waals surface area (Å²) in [5, 5.41) is 3.19. The molecule has 6 heteroatoms. The lowest BCUT2D eigenvalue weighted by Gasteiger charge is -2.09. The standard InChI is InChI=1S/C16H14N4O2/c1-11-5-2-3-7-13(11)19-14(21)9-20-10-18-15-12(16(20)22)6-4-8-17-15/h2-8,10H,9H2,1H3,(H,19,21). The van der Waals surface area contributed by atoms with Gasteiger partial charge in [0.25, 0.3) is 5.56 Å². The number of carbonyl (C=O) groups is 1. The van der Waals surface area contributed by atoms with Crippen LogP contribution in [-0.4, -0.2) is 20.4 Å². The summed E-state index contributed by atoms with van der Waals surface area (Å²) >= 11 is 0. The van der Waals surface area contributed by atoms with E-state index in [0.29, 0.717) is 11.0 Å². The van der Waals surface area contributed by atoms with E-state index >= 15 is 0 Å². The van der Waals surface area contributed by atoms with Crippen LogP contribution in [-0.2, 0) is 11.3 Å². The molecule has 0 radical (unpaired) electrons. The van der Waals surface area contributed by atoms with Crippen LogP contribution in [0.1, 0.15) is 5.56 Å². The van der Waals surface area contributed by atoms with Crippen molar-refractivity contribution < 1.29 is 4.79 Å². The number of benzene rings is 1. The number of carbonyl (C=O) groups excluding carboxylic acids is 1. The predicted molar refractivity (Wildman–Crippen MR) is 83.6 cm³/mol. The second-order valence-corrected chi connectivity index (χ2v) is 4.92. The van der Waals surface area contributed by atoms with Crippen LogP contribution >= 0.6 is 0 Å². The molecule has 2 aromatic heterocycles. The van der Waals surface area contributed by atoms with Crippen molar-refractivity contribution in [2.24, 2.45) is 0 Å². The molecular formula is C16H14N4O2. The van der Waals surface area contributed by atoms with Crippen molar-refractivity contribution in [3.8, 4) is 0 Å². The predicted octanol–water partition coefficient (Wildman–Crippen LogP) is 1.74. The fraction of sp³-hybridized carbons (Fsp3) is 0.125. The van der Waals surface area contributed by atoms with Crippen molar-refractivity contribution in [1.29, 1.82) is 0 Å². The van der Waals surface area contributed by atoms with E-state index in [0.717, 1.165) is 11.3 Å². The van der Waals surface area contributed by atoms with Gasteiger partial charge in [0.05, 0.1) is 5.39 Å². The maximum absolute atomic E-state index is 12.3. The summed E-state index contributed by atoms with van der Waals surface area (Å²) in [5.74, 6) is -0.276. The molecule has 110 valence electrons. The van der Waals surface area contributed by atoms with Gasteiger partial charge >= 0.3 is 0 Å². The minimum absolute atomic E-state index is 0.0923. The molecule has 0 fully saturated rings. The molecule has 0 spiro atoms. The molecule has 1 N–H and O–H groups in total. The summed E-state index contributed by atoms with van der Waals surface area (Å²) in [6.45, 7) is 1.82. The van der Waals surface area contributed by atoms with Gasteiger partial charge in [-0.15, -0.1) is 0 Å². The smallest absolute Gasteiger partial charge is 0.263 e. The topological polar surface area (TPSA) is 76.9 Å². The number of hydrogen-bond acceptors (Lipinski definition) is 4. The van der Waals surface area contributed by atoms with Gasteiger partial charge in [-0.2, -0.15) is 0 Å². The number of para-hydroxylation sites is 1. The number of anilines is 1. The molecular weight excluding hydrogens is 280 g/mol. The molecule has 1 aromatic carbocycles. The monoisotopic (exact) mass is 294 g/mol. The molecule has 3 rings (SSSR count). The van der Waals surface area contributed by atoms with E-state index in [1.165, 1.54) is 10.9 Å². The van der Waals surface area contributed by atoms with Crippen molar-refractivity contribution in [1.82, 2.24) is 14.5 Å². The molecule has 6 nitrogen and oxygen atoms in total. The number of nitrogens with one attached hydrogen (secondary N) is 1. The van der Waals surface area contributed by atoms with Crippen molar-refractivity contribution >= 4 is 22.6 Å². The molecule has 0 aliphatic heterocycles. The average Bonchev–Trinajstić information content (AvgIpc) is 2.53. The number of aromatic nitrogens is 3. The van der Waals surface area contributed by atoms with Crippen LogP contribution in [0.4, 0.5) is 5.69 Å². The molecule has 0 unspecified atom stereocenters. The van der Waals surface area contributed by atoms with Crippen LogP contribution in [0.15, 0.2) is 53.7 Å². The third kappa shape index (κ3) is 2.71. The third-order valence-corrected chi connectivity index (χ3v) is 3.33. The molecule has 0 atom stereocenters. The van der Waals surface area contributed by atoms with E-state index in [-0.39, 0.29) is 18.0 Å². The summed E-state index contributed by atoms with van der Waals surface area (Å²) in [6, 6.07) is 10.8. The van der Waals surface area contributed by atoms with Gasteiger partial charge in [0, 0.05) is 11.9 Å². The molecule has 0 aliphatic carbocycles. The maximum Gasteiger partial charge on any atom is 0.263 e. The van der Waals surface area contributed by atoms with Crippen molar-refractivity contribution in [3.63, 3.8) is 0 Å². The van der Waals surface area contributed by atoms with Gasteiger partial charge in [-0.3, -0.25) is 14.2 Å². The second kappa shape index (κ2) is 5.77. The Labute approximate surface area is 126 Å². The van der Waals surface area contributed by atoms with Crippen molar-refractivity contribution in [3.05, 3.63) is 64.8 Å². The first-order chi connectivity index (χ1) is 10.6. The zero-order chi connectivity index (χ0) is 15.5. The summed E-state index contributed by atoms with van der Waals surface area (Å²) < 4.78 is 1.28. The zero-order valence-corrected chi connectivity index (χ0v) is 12.0. The first-order valence-corrected chi connectivity index (χ1v) is 6.81. The SMILES string of the molecule is Cc1ccccc1NC(=O)Cn1cnc2ncccc2c1=O. The van der Waals surface area contributed by atoms with Crippen LogP contribution < -0.4 is 10.9 Å². The van der Waals surface area contributed by atoms with E-state index in [2.05, 4.69) is 15.3 Å². The number of amides is 1. The van der Waals surface area contributed by atoms with Gasteiger partial charge in [0.15, 0.2) is 5.65 Å². The number of fused-ring (bicyclic) bond motifs is 1. The lowest BCUT2D eigenvalue weighted by molar-refractivity contribution is -0.116. The first kappa shape index (κ1) is 13.9. The van der Waals surface area contributed by atoms with Crippen LogP contribution in [0.25, 0.3) is 11.0 Å². The molecule has 22 heavy (non-hydrogen) atoms. The van der Waals surface area contributed by atoms with Crippen LogP contribution in [0.5, 0.6) is 0 Å². The summed E-state index contributed by atoms with van der Waals surface area (Å²) in [7, 11) is 0. The Hall–Kier alpha value is -3.02. The second-order valence-electron chi connectivity index (χ2n) is 4.92. The number of aryl methyl sites for hydroxylation is 1. The van der Waals surface area contributed by atoms with Gasteiger partial charge in [-0.1, -0.05) is 18.2 Å². The Morgan fingerprint density at radius 2 is 2.00 bits per heavy atom. The Kier molecular flexibility index (Phi) is 3.65. The van der Waals surface area contributed by atoms with Crippen LogP contribution in [0.2, 0.25) is 0 Å². The molecule has 3 aromatic rings. The van der Waals surface area contributed by atoms with E-state index in [4.69, 9.17) is 0 Å². The van der Waals surface area contributed by atoms with Gasteiger partial charge in [-0.05, 0) is 30.7 Å². The highest BCUT2D eigenvalue weighted by atomic mass is 16.2. The van der Waals surface area contributed by atoms with E-state index in [1.54, 1.807) is 18.3 Å². The van der Waals surface area contributed by atoms with Gasteiger partial charge in [0.1, 0.15) is 12.9 Å². The molecule has 0 saturated heterocycles. The van der Waals surface area contributed by atoms with Crippen molar-refractivity contribution in [2.45, 2.75) is 13.5 Å². The number of rotatable bonds is 3. The highest BCUT2D eigenvalue weighted by molar-refractivity contribution is 5.91. The molecule has 2 heterocycles. The minimum atomic E-state index is -0.280. The maximum atomic E-state index is 12.3. The minimum Gasteiger partial charge on any atom is -0.324 e. The largest absolute Gasteiger partial charge is 0.324 e. The molecule has 0 saturated carbocycles. The summed E-state index contributed by atoms with van der Waals surface area (Å²) in [6.07, 6.45) is 2.92. The number of nitrogens with zero attached hydrogens (tertiary/aromatic N) is 3. The van der Waals surface area contributed by atoms with Gasteiger partial charge in [-0.25, -0.2) is 9.97 Å². The van der Waals surface area contributed by atoms with Gasteiger partial charge in [0.2, 0.25) is 5.91 Å². The Balaban J connectivity index is 1.84. The fourth-order valence-electron chi connectivity index (χ4n) is 2.17. The lowest BCUT2D eigenvalue weighted by Crippen LogP contribution is -2.28. The van der Waals surface area contributed by atoms with Gasteiger partial charge < -0.3 is 5.32 Å². The molecule has 0 bridgehead atoms. The third-order valence-electron chi connectivity index (χ3n) is 3.33. The lowest BCUT2D eigenvalue weighted by atomic mass is 10.2. The van der Waals surface area contributed by atoms with E-state index < -0.39 is 0 Å². The highest BCUT2D eigenvalue weighted by Gasteiger charge is 2.09. The normalized spacial score (nSPS) is 10.6. The summed E-state index contributed by atoms with van der Waals surface area (Å²) in [5.41, 5.74) is 1.79. The van der Waals surface area contributed by atoms with Crippen LogP contribution in [0, 0.1) is 6.92 Å². The van der Waals surface area contributed by atoms with Crippen molar-refractivity contribution in [2.75, 3.05) is 5.32 Å². The Morgan fingerprint density at radius 1 is 1.18 bits per heavy atom. The van der Waals surface area contributed by atoms with E-state index in [9.17, 15) is 9.59 Å².